The summed E-state index contributed by atoms with van der Waals surface area (Å²) in [5.74, 6) is 3.02. The fraction of sp³-hybridized carbons (Fsp3) is 0.600. The van der Waals surface area contributed by atoms with Gasteiger partial charge in [-0.25, -0.2) is 0 Å². The first-order chi connectivity index (χ1) is 9.38. The minimum atomic E-state index is 0.451. The SMILES string of the molecule is CCNC1CCCSc2cc3c(cc21)OCCCO3. The van der Waals surface area contributed by atoms with Gasteiger partial charge in [0, 0.05) is 17.4 Å². The predicted octanol–water partition coefficient (Wildman–Crippen LogP) is 3.38. The van der Waals surface area contributed by atoms with Crippen molar-refractivity contribution in [3.05, 3.63) is 17.7 Å². The van der Waals surface area contributed by atoms with Crippen LogP contribution in [0.1, 0.15) is 37.8 Å². The van der Waals surface area contributed by atoms with Gasteiger partial charge in [-0.05, 0) is 42.8 Å². The molecule has 2 aliphatic heterocycles. The van der Waals surface area contributed by atoms with E-state index in [9.17, 15) is 0 Å². The fourth-order valence-electron chi connectivity index (χ4n) is 2.69. The molecule has 1 aromatic rings. The summed E-state index contributed by atoms with van der Waals surface area (Å²) in [4.78, 5) is 1.35. The number of ether oxygens (including phenoxy) is 2. The Bertz CT molecular complexity index is 450. The van der Waals surface area contributed by atoms with E-state index >= 15 is 0 Å². The first-order valence-corrected chi connectivity index (χ1v) is 8.16. The van der Waals surface area contributed by atoms with Crippen molar-refractivity contribution in [1.82, 2.24) is 5.32 Å². The number of fused-ring (bicyclic) bond motifs is 2. The van der Waals surface area contributed by atoms with E-state index in [1.54, 1.807) is 0 Å². The highest BCUT2D eigenvalue weighted by Gasteiger charge is 2.22. The first kappa shape index (κ1) is 13.1. The van der Waals surface area contributed by atoms with Gasteiger partial charge in [0.2, 0.25) is 0 Å². The Labute approximate surface area is 119 Å². The topological polar surface area (TPSA) is 30.5 Å². The van der Waals surface area contributed by atoms with Crippen LogP contribution in [0.4, 0.5) is 0 Å². The average Bonchev–Trinajstić information content (AvgIpc) is 2.75. The zero-order valence-corrected chi connectivity index (χ0v) is 12.2. The zero-order chi connectivity index (χ0) is 13.1. The monoisotopic (exact) mass is 279 g/mol. The molecular weight excluding hydrogens is 258 g/mol. The van der Waals surface area contributed by atoms with Crippen LogP contribution in [0.3, 0.4) is 0 Å². The molecule has 0 saturated heterocycles. The molecule has 104 valence electrons. The van der Waals surface area contributed by atoms with E-state index in [0.29, 0.717) is 6.04 Å². The van der Waals surface area contributed by atoms with Gasteiger partial charge in [0.25, 0.3) is 0 Å². The number of hydrogen-bond acceptors (Lipinski definition) is 4. The van der Waals surface area contributed by atoms with Gasteiger partial charge in [-0.2, -0.15) is 0 Å². The van der Waals surface area contributed by atoms with Crippen molar-refractivity contribution in [2.45, 2.75) is 37.1 Å². The van der Waals surface area contributed by atoms with Crippen molar-refractivity contribution in [2.75, 3.05) is 25.5 Å². The highest BCUT2D eigenvalue weighted by Crippen LogP contribution is 2.42. The molecule has 3 nitrogen and oxygen atoms in total. The molecule has 3 rings (SSSR count). The van der Waals surface area contributed by atoms with Gasteiger partial charge in [-0.3, -0.25) is 0 Å². The molecule has 0 bridgehead atoms. The van der Waals surface area contributed by atoms with Gasteiger partial charge in [-0.1, -0.05) is 6.92 Å². The van der Waals surface area contributed by atoms with E-state index in [2.05, 4.69) is 24.4 Å². The van der Waals surface area contributed by atoms with Crippen LogP contribution in [-0.2, 0) is 0 Å². The summed E-state index contributed by atoms with van der Waals surface area (Å²) in [5.41, 5.74) is 1.38. The normalized spacial score (nSPS) is 22.3. The van der Waals surface area contributed by atoms with Crippen molar-refractivity contribution in [3.8, 4) is 11.5 Å². The Morgan fingerprint density at radius 2 is 2.00 bits per heavy atom. The molecule has 0 radical (unpaired) electrons. The molecule has 1 aromatic carbocycles. The van der Waals surface area contributed by atoms with E-state index in [0.717, 1.165) is 37.7 Å². The molecule has 4 heteroatoms. The number of nitrogens with one attached hydrogen (secondary N) is 1. The van der Waals surface area contributed by atoms with Crippen molar-refractivity contribution in [2.24, 2.45) is 0 Å². The summed E-state index contributed by atoms with van der Waals surface area (Å²) >= 11 is 1.94. The molecule has 1 unspecified atom stereocenters. The highest BCUT2D eigenvalue weighted by molar-refractivity contribution is 7.99. The first-order valence-electron chi connectivity index (χ1n) is 7.18. The van der Waals surface area contributed by atoms with Gasteiger partial charge in [0.15, 0.2) is 11.5 Å². The second-order valence-corrected chi connectivity index (χ2v) is 6.12. The lowest BCUT2D eigenvalue weighted by Gasteiger charge is -2.20. The second kappa shape index (κ2) is 6.06. The Morgan fingerprint density at radius 3 is 2.79 bits per heavy atom. The van der Waals surface area contributed by atoms with Crippen LogP contribution in [0.25, 0.3) is 0 Å². The molecule has 2 aliphatic rings. The maximum atomic E-state index is 5.82. The smallest absolute Gasteiger partial charge is 0.162 e. The van der Waals surface area contributed by atoms with Crippen LogP contribution in [-0.4, -0.2) is 25.5 Å². The fourth-order valence-corrected chi connectivity index (χ4v) is 3.78. The van der Waals surface area contributed by atoms with Crippen LogP contribution in [0, 0.1) is 0 Å². The molecule has 1 atom stereocenters. The van der Waals surface area contributed by atoms with Gasteiger partial charge >= 0.3 is 0 Å². The third-order valence-electron chi connectivity index (χ3n) is 3.60. The summed E-state index contributed by atoms with van der Waals surface area (Å²) in [5, 5.41) is 3.59. The predicted molar refractivity (Wildman–Crippen MR) is 78.4 cm³/mol. The van der Waals surface area contributed by atoms with Gasteiger partial charge in [-0.15, -0.1) is 11.8 Å². The summed E-state index contributed by atoms with van der Waals surface area (Å²) in [6.45, 7) is 4.68. The van der Waals surface area contributed by atoms with E-state index in [4.69, 9.17) is 9.47 Å². The molecule has 0 fully saturated rings. The lowest BCUT2D eigenvalue weighted by molar-refractivity contribution is 0.296. The Kier molecular flexibility index (Phi) is 4.18. The molecular formula is C15H21NO2S. The Hall–Kier alpha value is -0.870. The summed E-state index contributed by atoms with van der Waals surface area (Å²) < 4.78 is 11.6. The van der Waals surface area contributed by atoms with E-state index < -0.39 is 0 Å². The van der Waals surface area contributed by atoms with E-state index in [1.807, 2.05) is 11.8 Å². The lowest BCUT2D eigenvalue weighted by Crippen LogP contribution is -2.20. The zero-order valence-electron chi connectivity index (χ0n) is 11.4. The van der Waals surface area contributed by atoms with Gasteiger partial charge < -0.3 is 14.8 Å². The number of thioether (sulfide) groups is 1. The second-order valence-electron chi connectivity index (χ2n) is 4.99. The minimum Gasteiger partial charge on any atom is -0.490 e. The van der Waals surface area contributed by atoms with Crippen LogP contribution in [0.2, 0.25) is 0 Å². The number of benzene rings is 1. The third-order valence-corrected chi connectivity index (χ3v) is 4.76. The summed E-state index contributed by atoms with van der Waals surface area (Å²) in [6, 6.07) is 4.82. The number of rotatable bonds is 2. The molecule has 19 heavy (non-hydrogen) atoms. The molecule has 1 N–H and O–H groups in total. The summed E-state index contributed by atoms with van der Waals surface area (Å²) in [6.07, 6.45) is 3.42. The lowest BCUT2D eigenvalue weighted by atomic mass is 10.0. The van der Waals surface area contributed by atoms with Crippen molar-refractivity contribution < 1.29 is 9.47 Å². The maximum absolute atomic E-state index is 5.82. The molecule has 2 heterocycles. The van der Waals surface area contributed by atoms with Gasteiger partial charge in [0.1, 0.15) is 0 Å². The summed E-state index contributed by atoms with van der Waals surface area (Å²) in [7, 11) is 0. The van der Waals surface area contributed by atoms with Crippen LogP contribution >= 0.6 is 11.8 Å². The van der Waals surface area contributed by atoms with Crippen molar-refractivity contribution >= 4 is 11.8 Å². The van der Waals surface area contributed by atoms with Crippen LogP contribution < -0.4 is 14.8 Å². The third kappa shape index (κ3) is 2.84. The highest BCUT2D eigenvalue weighted by atomic mass is 32.2. The molecule has 0 aromatic heterocycles. The Balaban J connectivity index is 1.98. The average molecular weight is 279 g/mol. The minimum absolute atomic E-state index is 0.451. The van der Waals surface area contributed by atoms with Gasteiger partial charge in [0.05, 0.1) is 13.2 Å². The standard InChI is InChI=1S/C15H21NO2S/c1-2-16-12-5-3-8-19-15-10-14-13(9-11(12)15)17-6-4-7-18-14/h9-10,12,16H,2-8H2,1H3. The van der Waals surface area contributed by atoms with Crippen LogP contribution in [0.15, 0.2) is 17.0 Å². The molecule has 0 amide bonds. The number of hydrogen-bond donors (Lipinski definition) is 1. The van der Waals surface area contributed by atoms with E-state index in [-0.39, 0.29) is 0 Å². The van der Waals surface area contributed by atoms with E-state index in [1.165, 1.54) is 29.1 Å². The quantitative estimate of drug-likeness (QED) is 0.899. The Morgan fingerprint density at radius 1 is 1.21 bits per heavy atom. The van der Waals surface area contributed by atoms with Crippen LogP contribution in [0.5, 0.6) is 11.5 Å². The maximum Gasteiger partial charge on any atom is 0.162 e. The molecule has 0 spiro atoms. The van der Waals surface area contributed by atoms with Crippen molar-refractivity contribution in [3.63, 3.8) is 0 Å². The molecule has 0 aliphatic carbocycles. The molecule has 0 saturated carbocycles. The van der Waals surface area contributed by atoms with Crippen molar-refractivity contribution in [1.29, 1.82) is 0 Å². The largest absolute Gasteiger partial charge is 0.490 e.